The SMILES string of the molecule is C/C(=C\C=C\Nc1ccc(-c2nc3ccccc3o2)cc1)c1nc2ccccc2o1. The molecule has 0 spiro atoms. The lowest BCUT2D eigenvalue weighted by molar-refractivity contribution is 0.584. The van der Waals surface area contributed by atoms with Crippen LogP contribution in [0.4, 0.5) is 5.69 Å². The van der Waals surface area contributed by atoms with Crippen molar-refractivity contribution >= 4 is 33.5 Å². The number of para-hydroxylation sites is 4. The number of fused-ring (bicyclic) bond motifs is 2. The minimum Gasteiger partial charge on any atom is -0.436 e. The predicted molar refractivity (Wildman–Crippen MR) is 120 cm³/mol. The van der Waals surface area contributed by atoms with Crippen LogP contribution in [0.1, 0.15) is 12.8 Å². The van der Waals surface area contributed by atoms with Gasteiger partial charge in [-0.05, 0) is 61.5 Å². The van der Waals surface area contributed by atoms with Gasteiger partial charge in [0, 0.05) is 23.0 Å². The number of nitrogens with one attached hydrogen (secondary N) is 1. The molecule has 0 radical (unpaired) electrons. The maximum Gasteiger partial charge on any atom is 0.227 e. The van der Waals surface area contributed by atoms with Crippen LogP contribution < -0.4 is 5.32 Å². The number of rotatable bonds is 5. The van der Waals surface area contributed by atoms with E-state index in [0.29, 0.717) is 11.8 Å². The molecule has 5 aromatic rings. The van der Waals surface area contributed by atoms with Gasteiger partial charge in [0.25, 0.3) is 0 Å². The molecule has 2 aromatic heterocycles. The highest BCUT2D eigenvalue weighted by molar-refractivity contribution is 5.77. The van der Waals surface area contributed by atoms with E-state index < -0.39 is 0 Å². The van der Waals surface area contributed by atoms with Crippen LogP contribution in [0.5, 0.6) is 0 Å². The number of allylic oxidation sites excluding steroid dienone is 3. The lowest BCUT2D eigenvalue weighted by Crippen LogP contribution is -1.87. The van der Waals surface area contributed by atoms with Crippen molar-refractivity contribution in [2.24, 2.45) is 0 Å². The Hall–Kier alpha value is -4.12. The van der Waals surface area contributed by atoms with Gasteiger partial charge in [-0.2, -0.15) is 0 Å². The van der Waals surface area contributed by atoms with Gasteiger partial charge in [0.1, 0.15) is 11.0 Å². The number of hydrogen-bond acceptors (Lipinski definition) is 5. The molecule has 3 aromatic carbocycles. The van der Waals surface area contributed by atoms with Crippen molar-refractivity contribution in [3.05, 3.63) is 97.0 Å². The van der Waals surface area contributed by atoms with Crippen molar-refractivity contribution in [3.8, 4) is 11.5 Å². The zero-order chi connectivity index (χ0) is 20.3. The van der Waals surface area contributed by atoms with Crippen molar-refractivity contribution in [2.45, 2.75) is 6.92 Å². The highest BCUT2D eigenvalue weighted by Crippen LogP contribution is 2.25. The molecule has 0 aliphatic heterocycles. The second-order valence-electron chi connectivity index (χ2n) is 6.90. The molecule has 0 unspecified atom stereocenters. The standard InChI is InChI=1S/C25H19N3O2/c1-17(24-27-20-8-2-4-10-22(20)29-24)7-6-16-26-19-14-12-18(13-15-19)25-28-21-9-3-5-11-23(21)30-25/h2-16,26H,1H3/b16-6+,17-7+. The summed E-state index contributed by atoms with van der Waals surface area (Å²) >= 11 is 0. The van der Waals surface area contributed by atoms with Crippen molar-refractivity contribution in [3.63, 3.8) is 0 Å². The van der Waals surface area contributed by atoms with Gasteiger partial charge in [-0.15, -0.1) is 0 Å². The lowest BCUT2D eigenvalue weighted by Gasteiger charge is -2.01. The Morgan fingerprint density at radius 1 is 0.800 bits per heavy atom. The van der Waals surface area contributed by atoms with E-state index in [1.807, 2.05) is 98.1 Å². The first-order valence-corrected chi connectivity index (χ1v) is 9.68. The van der Waals surface area contributed by atoms with Crippen LogP contribution in [0.15, 0.2) is 100.0 Å². The maximum absolute atomic E-state index is 5.81. The summed E-state index contributed by atoms with van der Waals surface area (Å²) in [6.07, 6.45) is 5.77. The van der Waals surface area contributed by atoms with Crippen LogP contribution in [0.2, 0.25) is 0 Å². The molecular weight excluding hydrogens is 374 g/mol. The number of nitrogens with zero attached hydrogens (tertiary/aromatic N) is 2. The Labute approximate surface area is 173 Å². The number of oxazole rings is 2. The van der Waals surface area contributed by atoms with Gasteiger partial charge in [0.05, 0.1) is 0 Å². The number of anilines is 1. The molecule has 5 rings (SSSR count). The molecule has 5 heteroatoms. The van der Waals surface area contributed by atoms with E-state index in [0.717, 1.165) is 39.0 Å². The fourth-order valence-electron chi connectivity index (χ4n) is 3.15. The fraction of sp³-hybridized carbons (Fsp3) is 0.0400. The molecule has 0 saturated heterocycles. The average molecular weight is 393 g/mol. The van der Waals surface area contributed by atoms with Crippen LogP contribution in [-0.4, -0.2) is 9.97 Å². The molecule has 30 heavy (non-hydrogen) atoms. The summed E-state index contributed by atoms with van der Waals surface area (Å²) in [5.41, 5.74) is 6.17. The quantitative estimate of drug-likeness (QED) is 0.338. The van der Waals surface area contributed by atoms with Crippen molar-refractivity contribution < 1.29 is 8.83 Å². The summed E-state index contributed by atoms with van der Waals surface area (Å²) in [7, 11) is 0. The summed E-state index contributed by atoms with van der Waals surface area (Å²) in [4.78, 5) is 9.03. The van der Waals surface area contributed by atoms with Crippen LogP contribution in [-0.2, 0) is 0 Å². The maximum atomic E-state index is 5.81. The Bertz CT molecular complexity index is 1310. The molecule has 0 fully saturated rings. The highest BCUT2D eigenvalue weighted by Gasteiger charge is 2.07. The average Bonchev–Trinajstić information content (AvgIpc) is 3.41. The van der Waals surface area contributed by atoms with Gasteiger partial charge in [0.15, 0.2) is 11.2 Å². The minimum absolute atomic E-state index is 0.621. The van der Waals surface area contributed by atoms with E-state index in [9.17, 15) is 0 Å². The number of aromatic nitrogens is 2. The minimum atomic E-state index is 0.621. The molecular formula is C25H19N3O2. The van der Waals surface area contributed by atoms with E-state index in [1.165, 1.54) is 0 Å². The largest absolute Gasteiger partial charge is 0.436 e. The molecule has 146 valence electrons. The third kappa shape index (κ3) is 3.61. The summed E-state index contributed by atoms with van der Waals surface area (Å²) in [6.45, 7) is 1.98. The first-order valence-electron chi connectivity index (χ1n) is 9.68. The molecule has 0 bridgehead atoms. The third-order valence-corrected chi connectivity index (χ3v) is 4.75. The van der Waals surface area contributed by atoms with E-state index in [4.69, 9.17) is 8.83 Å². The Morgan fingerprint density at radius 3 is 2.17 bits per heavy atom. The summed E-state index contributed by atoms with van der Waals surface area (Å²) in [6, 6.07) is 23.5. The van der Waals surface area contributed by atoms with Gasteiger partial charge in [-0.1, -0.05) is 30.3 Å². The van der Waals surface area contributed by atoms with Gasteiger partial charge in [-0.3, -0.25) is 0 Å². The van der Waals surface area contributed by atoms with Gasteiger partial charge in [0.2, 0.25) is 11.8 Å². The summed E-state index contributed by atoms with van der Waals surface area (Å²) < 4.78 is 11.6. The Kier molecular flexibility index (Phi) is 4.62. The zero-order valence-electron chi connectivity index (χ0n) is 16.4. The molecule has 2 heterocycles. The van der Waals surface area contributed by atoms with E-state index >= 15 is 0 Å². The van der Waals surface area contributed by atoms with E-state index in [-0.39, 0.29) is 0 Å². The molecule has 0 aliphatic rings. The number of hydrogen-bond donors (Lipinski definition) is 1. The van der Waals surface area contributed by atoms with Gasteiger partial charge < -0.3 is 14.2 Å². The Balaban J connectivity index is 1.25. The molecule has 0 amide bonds. The molecule has 0 saturated carbocycles. The van der Waals surface area contributed by atoms with Gasteiger partial charge >= 0.3 is 0 Å². The monoisotopic (exact) mass is 393 g/mol. The van der Waals surface area contributed by atoms with E-state index in [1.54, 1.807) is 0 Å². The Morgan fingerprint density at radius 2 is 1.47 bits per heavy atom. The molecule has 5 nitrogen and oxygen atoms in total. The van der Waals surface area contributed by atoms with E-state index in [2.05, 4.69) is 15.3 Å². The molecule has 1 N–H and O–H groups in total. The third-order valence-electron chi connectivity index (χ3n) is 4.75. The summed E-state index contributed by atoms with van der Waals surface area (Å²) in [5, 5.41) is 3.26. The number of benzene rings is 3. The topological polar surface area (TPSA) is 64.1 Å². The van der Waals surface area contributed by atoms with Crippen molar-refractivity contribution in [2.75, 3.05) is 5.32 Å². The molecule has 0 atom stereocenters. The van der Waals surface area contributed by atoms with Crippen LogP contribution in [0, 0.1) is 0 Å². The van der Waals surface area contributed by atoms with Crippen LogP contribution in [0.25, 0.3) is 39.2 Å². The van der Waals surface area contributed by atoms with Gasteiger partial charge in [-0.25, -0.2) is 9.97 Å². The predicted octanol–water partition coefficient (Wildman–Crippen LogP) is 6.67. The smallest absolute Gasteiger partial charge is 0.227 e. The normalized spacial score (nSPS) is 12.2. The second kappa shape index (κ2) is 7.72. The highest BCUT2D eigenvalue weighted by atomic mass is 16.4. The lowest BCUT2D eigenvalue weighted by atomic mass is 10.2. The first-order chi connectivity index (χ1) is 14.8. The first kappa shape index (κ1) is 17.9. The van der Waals surface area contributed by atoms with Crippen molar-refractivity contribution in [1.29, 1.82) is 0 Å². The van der Waals surface area contributed by atoms with Crippen LogP contribution >= 0.6 is 0 Å². The van der Waals surface area contributed by atoms with Crippen LogP contribution in [0.3, 0.4) is 0 Å². The molecule has 0 aliphatic carbocycles. The zero-order valence-corrected chi connectivity index (χ0v) is 16.4. The fourth-order valence-corrected chi connectivity index (χ4v) is 3.15. The summed E-state index contributed by atoms with van der Waals surface area (Å²) in [5.74, 6) is 1.25. The van der Waals surface area contributed by atoms with Crippen molar-refractivity contribution in [1.82, 2.24) is 9.97 Å². The second-order valence-corrected chi connectivity index (χ2v) is 6.90.